The lowest BCUT2D eigenvalue weighted by molar-refractivity contribution is -0.192. The summed E-state index contributed by atoms with van der Waals surface area (Å²) in [7, 11) is 0. The first-order valence-electron chi connectivity index (χ1n) is 16.0. The predicted octanol–water partition coefficient (Wildman–Crippen LogP) is 6.80. The molecule has 1 saturated heterocycles. The quantitative estimate of drug-likeness (QED) is 0.120. The number of pyridine rings is 1. The molecule has 5 rings (SSSR count). The Bertz CT molecular complexity index is 1820. The van der Waals surface area contributed by atoms with Gasteiger partial charge >= 0.3 is 12.1 Å². The van der Waals surface area contributed by atoms with Crippen LogP contribution in [0.15, 0.2) is 79.1 Å². The highest BCUT2D eigenvalue weighted by Crippen LogP contribution is 2.39. The van der Waals surface area contributed by atoms with Crippen LogP contribution in [-0.2, 0) is 14.4 Å². The number of hydrazine groups is 1. The molecule has 2 atom stereocenters. The van der Waals surface area contributed by atoms with E-state index in [1.165, 1.54) is 6.92 Å². The molecule has 4 N–H and O–H groups in total. The Morgan fingerprint density at radius 3 is 2.46 bits per heavy atom. The molecule has 4 aromatic rings. The molecule has 3 aromatic carbocycles. The number of halogens is 3. The molecule has 1 aromatic heterocycles. The van der Waals surface area contributed by atoms with Crippen molar-refractivity contribution in [1.82, 2.24) is 9.88 Å². The van der Waals surface area contributed by atoms with Gasteiger partial charge in [0.15, 0.2) is 11.5 Å². The number of carbonyl (C=O) groups excluding carboxylic acids is 2. The van der Waals surface area contributed by atoms with E-state index in [9.17, 15) is 22.8 Å². The lowest BCUT2D eigenvalue weighted by Gasteiger charge is -2.35. The van der Waals surface area contributed by atoms with Gasteiger partial charge < -0.3 is 24.8 Å². The van der Waals surface area contributed by atoms with E-state index in [-0.39, 0.29) is 24.0 Å². The lowest BCUT2D eigenvalue weighted by atomic mass is 10.00. The second-order valence-corrected chi connectivity index (χ2v) is 11.8. The molecule has 0 saturated carbocycles. The number of ether oxygens (including phenoxy) is 2. The van der Waals surface area contributed by atoms with Crippen LogP contribution in [0.2, 0.25) is 0 Å². The van der Waals surface area contributed by atoms with Gasteiger partial charge in [-0.2, -0.15) is 13.2 Å². The van der Waals surface area contributed by atoms with E-state index in [1.807, 2.05) is 92.4 Å². The van der Waals surface area contributed by atoms with Gasteiger partial charge in [0.2, 0.25) is 5.91 Å². The van der Waals surface area contributed by atoms with Gasteiger partial charge in [-0.05, 0) is 92.6 Å². The van der Waals surface area contributed by atoms with Crippen LogP contribution >= 0.6 is 0 Å². The molecule has 0 aliphatic carbocycles. The monoisotopic (exact) mass is 695 g/mol. The van der Waals surface area contributed by atoms with Crippen LogP contribution in [-0.4, -0.2) is 58.2 Å². The molecule has 0 spiro atoms. The number of nitrogens with two attached hydrogens (primary N) is 1. The number of likely N-dealkylation sites (tertiary alicyclic amines) is 1. The minimum Gasteiger partial charge on any atom is -0.490 e. The van der Waals surface area contributed by atoms with Gasteiger partial charge in [-0.3, -0.25) is 19.6 Å². The Morgan fingerprint density at radius 2 is 1.80 bits per heavy atom. The average Bonchev–Trinajstić information content (AvgIpc) is 3.56. The minimum absolute atomic E-state index is 0.0424. The fraction of sp³-hybridized carbons (Fsp3) is 0.333. The second-order valence-electron chi connectivity index (χ2n) is 11.8. The average molecular weight is 696 g/mol. The van der Waals surface area contributed by atoms with Crippen molar-refractivity contribution in [3.05, 3.63) is 90.3 Å². The van der Waals surface area contributed by atoms with Gasteiger partial charge in [0.05, 0.1) is 24.4 Å². The van der Waals surface area contributed by atoms with Gasteiger partial charge in [-0.25, -0.2) is 10.6 Å². The van der Waals surface area contributed by atoms with Gasteiger partial charge in [0.1, 0.15) is 6.04 Å². The number of carboxylic acid groups (broad SMARTS) is 1. The maximum atomic E-state index is 14.7. The molecular formula is C36H40F3N5O6. The summed E-state index contributed by atoms with van der Waals surface area (Å²) in [5, 5.41) is 13.5. The lowest BCUT2D eigenvalue weighted by Crippen LogP contribution is -2.46. The number of carboxylic acids is 1. The van der Waals surface area contributed by atoms with Crippen LogP contribution in [0.5, 0.6) is 11.5 Å². The van der Waals surface area contributed by atoms with E-state index in [4.69, 9.17) is 25.2 Å². The van der Waals surface area contributed by atoms with Crippen LogP contribution < -0.4 is 25.6 Å². The van der Waals surface area contributed by atoms with Crippen molar-refractivity contribution < 1.29 is 42.1 Å². The van der Waals surface area contributed by atoms with Crippen molar-refractivity contribution in [2.75, 3.05) is 23.5 Å². The normalized spacial score (nSPS) is 14.8. The summed E-state index contributed by atoms with van der Waals surface area (Å²) in [5.41, 5.74) is 3.06. The summed E-state index contributed by atoms with van der Waals surface area (Å²) >= 11 is 0. The molecule has 1 fully saturated rings. The van der Waals surface area contributed by atoms with Crippen molar-refractivity contribution in [1.29, 1.82) is 0 Å². The molecule has 2 amide bonds. The number of hydrogen-bond acceptors (Lipinski definition) is 8. The zero-order valence-corrected chi connectivity index (χ0v) is 28.1. The van der Waals surface area contributed by atoms with Crippen molar-refractivity contribution in [3.8, 4) is 11.5 Å². The van der Waals surface area contributed by atoms with E-state index in [2.05, 4.69) is 10.3 Å². The van der Waals surface area contributed by atoms with Crippen molar-refractivity contribution >= 4 is 39.9 Å². The number of aliphatic carboxylic acids is 1. The Balaban J connectivity index is 0.000000727. The van der Waals surface area contributed by atoms with Crippen LogP contribution in [0, 0.1) is 0 Å². The Hall–Kier alpha value is -5.37. The van der Waals surface area contributed by atoms with Crippen molar-refractivity contribution in [3.63, 3.8) is 0 Å². The number of aromatic nitrogens is 1. The highest BCUT2D eigenvalue weighted by molar-refractivity contribution is 5.90. The van der Waals surface area contributed by atoms with Gasteiger partial charge in [0, 0.05) is 36.9 Å². The highest BCUT2D eigenvalue weighted by Gasteiger charge is 2.39. The van der Waals surface area contributed by atoms with Crippen LogP contribution in [0.4, 0.5) is 24.5 Å². The summed E-state index contributed by atoms with van der Waals surface area (Å²) in [4.78, 5) is 41.4. The number of benzene rings is 3. The largest absolute Gasteiger partial charge is 0.490 e. The molecule has 0 bridgehead atoms. The SMILES string of the molecule is CCOc1cc([C@@H](C(=O)N2CCC[C@@H]2c2cccc(NC(C)=O)c2)N(N)c2ccc3cnccc3c2)ccc1OC(C)C.O=C(O)C(F)(F)F. The van der Waals surface area contributed by atoms with Crippen LogP contribution in [0.25, 0.3) is 10.8 Å². The molecule has 266 valence electrons. The van der Waals surface area contributed by atoms with Crippen molar-refractivity contribution in [2.45, 2.75) is 64.9 Å². The Labute approximate surface area is 287 Å². The standard InChI is InChI=1S/C34H39N5O4.C2HF3O2/c1-5-42-32-20-26(12-14-31(32)43-22(2)3)33(39(35)29-13-11-27-21-36-16-15-24(27)19-29)34(41)38-17-7-10-30(38)25-8-6-9-28(18-25)37-23(4)40;3-2(4,5)1(6)7/h6,8-9,11-16,18-22,30,33H,5,7,10,17,35H2,1-4H3,(H,37,40);(H,6,7)/t30-,33+;/m1./s1. The minimum atomic E-state index is -5.08. The number of rotatable bonds is 10. The summed E-state index contributed by atoms with van der Waals surface area (Å²) in [6, 6.07) is 20.0. The highest BCUT2D eigenvalue weighted by atomic mass is 19.4. The zero-order chi connectivity index (χ0) is 36.6. The molecule has 50 heavy (non-hydrogen) atoms. The van der Waals surface area contributed by atoms with Crippen LogP contribution in [0.1, 0.15) is 63.7 Å². The van der Waals surface area contributed by atoms with E-state index in [1.54, 1.807) is 17.4 Å². The maximum absolute atomic E-state index is 14.7. The molecular weight excluding hydrogens is 655 g/mol. The number of alkyl halides is 3. The van der Waals surface area contributed by atoms with E-state index >= 15 is 0 Å². The Morgan fingerprint density at radius 1 is 1.06 bits per heavy atom. The van der Waals surface area contributed by atoms with Gasteiger partial charge in [0.25, 0.3) is 5.91 Å². The first-order chi connectivity index (χ1) is 23.7. The predicted molar refractivity (Wildman–Crippen MR) is 183 cm³/mol. The summed E-state index contributed by atoms with van der Waals surface area (Å²) in [6.45, 7) is 8.35. The molecule has 1 aliphatic rings. The number of hydrogen-bond donors (Lipinski definition) is 3. The van der Waals surface area contributed by atoms with E-state index < -0.39 is 18.2 Å². The number of amides is 2. The zero-order valence-electron chi connectivity index (χ0n) is 28.1. The summed E-state index contributed by atoms with van der Waals surface area (Å²) in [5.74, 6) is 5.04. The first-order valence-corrected chi connectivity index (χ1v) is 16.0. The number of nitrogens with one attached hydrogen (secondary N) is 1. The molecule has 0 unspecified atom stereocenters. The summed E-state index contributed by atoms with van der Waals surface area (Å²) < 4.78 is 43.7. The third kappa shape index (κ3) is 9.41. The number of anilines is 2. The van der Waals surface area contributed by atoms with E-state index in [0.717, 1.165) is 29.2 Å². The molecule has 0 radical (unpaired) electrons. The van der Waals surface area contributed by atoms with E-state index in [0.29, 0.717) is 41.6 Å². The van der Waals surface area contributed by atoms with Gasteiger partial charge in [-0.1, -0.05) is 24.3 Å². The number of carbonyl (C=O) groups is 3. The smallest absolute Gasteiger partial charge is 0.490 e. The fourth-order valence-electron chi connectivity index (χ4n) is 5.68. The topological polar surface area (TPSA) is 147 Å². The third-order valence-corrected chi connectivity index (χ3v) is 7.75. The molecule has 11 nitrogen and oxygen atoms in total. The first kappa shape index (κ1) is 37.4. The Kier molecular flexibility index (Phi) is 12.2. The number of fused-ring (bicyclic) bond motifs is 1. The number of nitrogens with zero attached hydrogens (tertiary/aromatic N) is 3. The third-order valence-electron chi connectivity index (χ3n) is 7.75. The fourth-order valence-corrected chi connectivity index (χ4v) is 5.68. The summed E-state index contributed by atoms with van der Waals surface area (Å²) in [6.07, 6.45) is 0.0716. The molecule has 1 aliphatic heterocycles. The van der Waals surface area contributed by atoms with Gasteiger partial charge in [-0.15, -0.1) is 0 Å². The molecule has 2 heterocycles. The van der Waals surface area contributed by atoms with Crippen molar-refractivity contribution in [2.24, 2.45) is 5.84 Å². The van der Waals surface area contributed by atoms with Crippen LogP contribution in [0.3, 0.4) is 0 Å². The maximum Gasteiger partial charge on any atom is 0.490 e. The molecule has 14 heteroatoms. The second kappa shape index (κ2) is 16.4.